The summed E-state index contributed by atoms with van der Waals surface area (Å²) < 4.78 is 33.8. The summed E-state index contributed by atoms with van der Waals surface area (Å²) >= 11 is 0. The molecule has 0 amide bonds. The molecule has 0 saturated carbocycles. The van der Waals surface area contributed by atoms with Gasteiger partial charge in [0.2, 0.25) is 0 Å². The van der Waals surface area contributed by atoms with E-state index in [0.717, 1.165) is 57.8 Å². The van der Waals surface area contributed by atoms with Crippen LogP contribution in [-0.2, 0) is 10.1 Å². The molecule has 0 radical (unpaired) electrons. The third-order valence-electron chi connectivity index (χ3n) is 5.22. The first-order chi connectivity index (χ1) is 12.4. The Hall–Kier alpha value is 1.51. The van der Waals surface area contributed by atoms with E-state index >= 15 is 0 Å². The van der Waals surface area contributed by atoms with Gasteiger partial charge >= 0.3 is 51.4 Å². The van der Waals surface area contributed by atoms with Crippen LogP contribution in [0, 0.1) is 0 Å². The minimum absolute atomic E-state index is 0. The molecule has 0 spiro atoms. The number of aliphatic hydroxyl groups is 1. The zero-order valence-electron chi connectivity index (χ0n) is 18.3. The predicted molar refractivity (Wildman–Crippen MR) is 109 cm³/mol. The van der Waals surface area contributed by atoms with Gasteiger partial charge in [0.1, 0.15) is 0 Å². The second-order valence-corrected chi connectivity index (χ2v) is 9.46. The molecule has 0 aromatic heterocycles. The van der Waals surface area contributed by atoms with Crippen LogP contribution in [0.4, 0.5) is 0 Å². The Balaban J connectivity index is 0. The van der Waals surface area contributed by atoms with Gasteiger partial charge in [-0.1, -0.05) is 97.3 Å². The number of unbranched alkanes of at least 4 members (excludes halogenated alkanes) is 10. The molecule has 0 saturated heterocycles. The van der Waals surface area contributed by atoms with Crippen molar-refractivity contribution < 1.29 is 69.5 Å². The number of aliphatic hydroxyl groups excluding tert-OH is 1. The Morgan fingerprint density at radius 2 is 1.07 bits per heavy atom. The third kappa shape index (κ3) is 20.6. The van der Waals surface area contributed by atoms with E-state index in [9.17, 15) is 18.1 Å². The number of hydrogen-bond donors (Lipinski definition) is 1. The van der Waals surface area contributed by atoms with E-state index in [2.05, 4.69) is 6.92 Å². The summed E-state index contributed by atoms with van der Waals surface area (Å²) in [5, 5.41) is 8.99. The summed E-state index contributed by atoms with van der Waals surface area (Å²) in [6.07, 6.45) is 17.3. The Labute approximate surface area is 211 Å². The summed E-state index contributed by atoms with van der Waals surface area (Å²) in [5.41, 5.74) is 0. The zero-order valence-corrected chi connectivity index (χ0v) is 22.2. The largest absolute Gasteiger partial charge is 1.00 e. The first kappa shape index (κ1) is 30.7. The van der Waals surface area contributed by atoms with Gasteiger partial charge in [0.05, 0.1) is 16.2 Å². The Kier molecular flexibility index (Phi) is 23.6. The van der Waals surface area contributed by atoms with Gasteiger partial charge in [-0.25, -0.2) is 8.42 Å². The van der Waals surface area contributed by atoms with Gasteiger partial charge in [0.25, 0.3) is 0 Å². The van der Waals surface area contributed by atoms with Gasteiger partial charge in [0.15, 0.2) is 0 Å². The molecule has 0 rings (SSSR count). The second kappa shape index (κ2) is 20.8. The Bertz CT molecular complexity index is 401. The molecule has 1 N–H and O–H groups in total. The Morgan fingerprint density at radius 3 is 1.48 bits per heavy atom. The zero-order chi connectivity index (χ0) is 19.7. The van der Waals surface area contributed by atoms with E-state index in [0.29, 0.717) is 12.8 Å². The summed E-state index contributed by atoms with van der Waals surface area (Å²) in [5.74, 6) is 0. The molecule has 2 atom stereocenters. The Morgan fingerprint density at radius 1 is 0.667 bits per heavy atom. The van der Waals surface area contributed by atoms with Crippen molar-refractivity contribution in [2.45, 2.75) is 134 Å². The second-order valence-electron chi connectivity index (χ2n) is 7.81. The van der Waals surface area contributed by atoms with E-state index in [4.69, 9.17) is 0 Å². The standard InChI is InChI=1S/C21H44O4S.K/c1-3-5-18-21(26(23,24)25)19-15-13-11-9-7-6-8-10-12-14-17-20(22)16-4-2;/h20-22H,3-19H2,1-2H3,(H,23,24,25);/q;+1/p-1. The summed E-state index contributed by atoms with van der Waals surface area (Å²) in [7, 11) is -4.12. The molecule has 2 unspecified atom stereocenters. The molecule has 27 heavy (non-hydrogen) atoms. The van der Waals surface area contributed by atoms with Crippen LogP contribution < -0.4 is 51.4 Å². The molecule has 158 valence electrons. The average molecular weight is 431 g/mol. The minimum atomic E-state index is -4.12. The molecule has 6 heteroatoms. The molecular weight excluding hydrogens is 387 g/mol. The summed E-state index contributed by atoms with van der Waals surface area (Å²) in [4.78, 5) is 0. The van der Waals surface area contributed by atoms with Crippen molar-refractivity contribution in [3.05, 3.63) is 0 Å². The normalized spacial score (nSPS) is 13.9. The maximum absolute atomic E-state index is 11.3. The first-order valence-electron chi connectivity index (χ1n) is 11.0. The van der Waals surface area contributed by atoms with E-state index in [1.807, 2.05) is 6.92 Å². The summed E-state index contributed by atoms with van der Waals surface area (Å²) in [6, 6.07) is 0. The van der Waals surface area contributed by atoms with Crippen molar-refractivity contribution >= 4 is 10.1 Å². The molecule has 0 bridgehead atoms. The fourth-order valence-corrected chi connectivity index (χ4v) is 4.42. The van der Waals surface area contributed by atoms with Crippen molar-refractivity contribution in [3.63, 3.8) is 0 Å². The molecule has 0 aliphatic rings. The summed E-state index contributed by atoms with van der Waals surface area (Å²) in [6.45, 7) is 4.13. The molecule has 0 fully saturated rings. The predicted octanol–water partition coefficient (Wildman–Crippen LogP) is 2.94. The van der Waals surface area contributed by atoms with Gasteiger partial charge < -0.3 is 9.66 Å². The van der Waals surface area contributed by atoms with Crippen molar-refractivity contribution in [3.8, 4) is 0 Å². The smallest absolute Gasteiger partial charge is 0.748 e. The van der Waals surface area contributed by atoms with Crippen molar-refractivity contribution in [2.75, 3.05) is 0 Å². The van der Waals surface area contributed by atoms with Gasteiger partial charge in [-0.3, -0.25) is 0 Å². The van der Waals surface area contributed by atoms with Gasteiger partial charge in [0, 0.05) is 5.25 Å². The molecule has 0 aliphatic carbocycles. The van der Waals surface area contributed by atoms with Crippen LogP contribution >= 0.6 is 0 Å². The van der Waals surface area contributed by atoms with Gasteiger partial charge in [-0.15, -0.1) is 0 Å². The van der Waals surface area contributed by atoms with Crippen LogP contribution in [0.15, 0.2) is 0 Å². The SMILES string of the molecule is CCCCC(CCCCCCCCCCCCC(O)CCC)S(=O)(=O)[O-].[K+]. The molecule has 0 aliphatic heterocycles. The third-order valence-corrected chi connectivity index (χ3v) is 6.51. The fraction of sp³-hybridized carbons (Fsp3) is 1.00. The maximum Gasteiger partial charge on any atom is 1.00 e. The van der Waals surface area contributed by atoms with Crippen LogP contribution in [-0.4, -0.2) is 29.4 Å². The van der Waals surface area contributed by atoms with E-state index in [1.165, 1.54) is 38.5 Å². The number of rotatable bonds is 19. The van der Waals surface area contributed by atoms with Crippen LogP contribution in [0.25, 0.3) is 0 Å². The van der Waals surface area contributed by atoms with Crippen LogP contribution in [0.3, 0.4) is 0 Å². The average Bonchev–Trinajstić information content (AvgIpc) is 2.57. The number of hydrogen-bond acceptors (Lipinski definition) is 4. The quantitative estimate of drug-likeness (QED) is 0.194. The topological polar surface area (TPSA) is 77.4 Å². The maximum atomic E-state index is 11.3. The van der Waals surface area contributed by atoms with E-state index in [-0.39, 0.29) is 57.5 Å². The molecule has 4 nitrogen and oxygen atoms in total. The first-order valence-corrected chi connectivity index (χ1v) is 12.5. The van der Waals surface area contributed by atoms with Crippen LogP contribution in [0.1, 0.15) is 123 Å². The van der Waals surface area contributed by atoms with E-state index in [1.54, 1.807) is 0 Å². The fourth-order valence-electron chi connectivity index (χ4n) is 3.51. The minimum Gasteiger partial charge on any atom is -0.748 e. The van der Waals surface area contributed by atoms with Crippen molar-refractivity contribution in [1.82, 2.24) is 0 Å². The molecule has 0 aromatic rings. The monoisotopic (exact) mass is 430 g/mol. The van der Waals surface area contributed by atoms with Gasteiger partial charge in [-0.2, -0.15) is 0 Å². The van der Waals surface area contributed by atoms with Crippen LogP contribution in [0.5, 0.6) is 0 Å². The molecule has 0 heterocycles. The van der Waals surface area contributed by atoms with Crippen molar-refractivity contribution in [1.29, 1.82) is 0 Å². The van der Waals surface area contributed by atoms with Crippen LogP contribution in [0.2, 0.25) is 0 Å². The van der Waals surface area contributed by atoms with Crippen molar-refractivity contribution in [2.24, 2.45) is 0 Å². The molecular formula is C21H43KO4S. The van der Waals surface area contributed by atoms with E-state index < -0.39 is 15.4 Å². The molecule has 0 aromatic carbocycles. The van der Waals surface area contributed by atoms with Gasteiger partial charge in [-0.05, 0) is 25.7 Å².